The van der Waals surface area contributed by atoms with Gasteiger partial charge in [-0.3, -0.25) is 19.0 Å². The predicted octanol–water partition coefficient (Wildman–Crippen LogP) is 1.83. The highest BCUT2D eigenvalue weighted by Crippen LogP contribution is 2.30. The number of fused-ring (bicyclic) bond motifs is 1. The van der Waals surface area contributed by atoms with Crippen LogP contribution in [0.5, 0.6) is 5.75 Å². The summed E-state index contributed by atoms with van der Waals surface area (Å²) in [6.07, 6.45) is -4.27. The van der Waals surface area contributed by atoms with Crippen LogP contribution in [0.15, 0.2) is 47.4 Å². The largest absolute Gasteiger partial charge is 0.506 e. The van der Waals surface area contributed by atoms with E-state index >= 15 is 0 Å². The number of aromatic nitrogens is 2. The fourth-order valence-corrected chi connectivity index (χ4v) is 3.20. The minimum atomic E-state index is -4.57. The summed E-state index contributed by atoms with van der Waals surface area (Å²) in [6, 6.07) is 4.70. The van der Waals surface area contributed by atoms with Gasteiger partial charge in [-0.25, -0.2) is 9.78 Å². The molecular weight excluding hydrogens is 463 g/mol. The summed E-state index contributed by atoms with van der Waals surface area (Å²) >= 11 is 0. The summed E-state index contributed by atoms with van der Waals surface area (Å²) in [4.78, 5) is 52.0. The van der Waals surface area contributed by atoms with Crippen molar-refractivity contribution in [2.24, 2.45) is 0 Å². The van der Waals surface area contributed by atoms with Gasteiger partial charge in [-0.2, -0.15) is 13.2 Å². The first kappa shape index (κ1) is 24.2. The smallest absolute Gasteiger partial charge is 0.416 e. The average Bonchev–Trinajstić information content (AvgIpc) is 2.75. The molecule has 0 aliphatic heterocycles. The van der Waals surface area contributed by atoms with E-state index in [0.717, 1.165) is 28.8 Å². The number of carbonyl (C=O) groups excluding carboxylic acids is 1. The van der Waals surface area contributed by atoms with Gasteiger partial charge >= 0.3 is 18.1 Å². The first-order chi connectivity index (χ1) is 15.9. The van der Waals surface area contributed by atoms with Crippen LogP contribution in [0.25, 0.3) is 11.0 Å². The second kappa shape index (κ2) is 9.21. The number of nitrogens with zero attached hydrogens (tertiary/aromatic N) is 2. The van der Waals surface area contributed by atoms with Crippen LogP contribution in [0.4, 0.5) is 13.2 Å². The molecule has 0 aliphatic rings. The Hall–Kier alpha value is -4.42. The fourth-order valence-electron chi connectivity index (χ4n) is 3.20. The van der Waals surface area contributed by atoms with E-state index in [2.05, 4.69) is 4.98 Å². The summed E-state index contributed by atoms with van der Waals surface area (Å²) in [6.45, 7) is -0.331. The van der Waals surface area contributed by atoms with Crippen molar-refractivity contribution in [3.05, 3.63) is 69.6 Å². The van der Waals surface area contributed by atoms with Crippen LogP contribution in [0.1, 0.15) is 27.9 Å². The summed E-state index contributed by atoms with van der Waals surface area (Å²) in [5.41, 5.74) is -2.73. The van der Waals surface area contributed by atoms with Gasteiger partial charge in [0.05, 0.1) is 23.9 Å². The molecule has 1 amide bonds. The molecule has 178 valence electrons. The normalized spacial score (nSPS) is 12.3. The highest BCUT2D eigenvalue weighted by molar-refractivity contribution is 6.03. The van der Waals surface area contributed by atoms with Gasteiger partial charge < -0.3 is 20.6 Å². The van der Waals surface area contributed by atoms with E-state index in [1.807, 2.05) is 5.32 Å². The number of carbonyl (C=O) groups is 3. The molecule has 2 heterocycles. The molecule has 0 saturated carbocycles. The highest BCUT2D eigenvalue weighted by Gasteiger charge is 2.31. The van der Waals surface area contributed by atoms with Gasteiger partial charge in [0, 0.05) is 6.20 Å². The minimum absolute atomic E-state index is 0.0655. The summed E-state index contributed by atoms with van der Waals surface area (Å²) in [7, 11) is 0. The summed E-state index contributed by atoms with van der Waals surface area (Å²) < 4.78 is 39.4. The number of hydrogen-bond acceptors (Lipinski definition) is 6. The van der Waals surface area contributed by atoms with Crippen LogP contribution in [0.2, 0.25) is 0 Å². The number of pyridine rings is 2. The maximum absolute atomic E-state index is 13.1. The zero-order valence-electron chi connectivity index (χ0n) is 17.0. The molecular formula is C21H16F3N3O7. The minimum Gasteiger partial charge on any atom is -0.506 e. The standard InChI is InChI=1S/C21H16F3N3O7/c22-21(23,24)11-5-3-10(4-6-11)9-27-17-12(2-1-7-25-17)16(30)15(19(27)32)18(31)26-13(20(33)34)8-14(28)29/h1-7,13,30H,8-9H2,(H,26,31)(H,28,29)(H,33,34). The van der Waals surface area contributed by atoms with E-state index in [1.165, 1.54) is 18.3 Å². The lowest BCUT2D eigenvalue weighted by Gasteiger charge is -2.16. The number of carboxylic acid groups (broad SMARTS) is 2. The average molecular weight is 479 g/mol. The number of aromatic hydroxyl groups is 1. The van der Waals surface area contributed by atoms with E-state index < -0.39 is 58.9 Å². The molecule has 0 fully saturated rings. The Labute approximate surface area is 187 Å². The monoisotopic (exact) mass is 479 g/mol. The lowest BCUT2D eigenvalue weighted by Crippen LogP contribution is -2.44. The van der Waals surface area contributed by atoms with Crippen molar-refractivity contribution in [1.29, 1.82) is 0 Å². The first-order valence-electron chi connectivity index (χ1n) is 9.52. The van der Waals surface area contributed by atoms with Gasteiger partial charge in [-0.1, -0.05) is 12.1 Å². The van der Waals surface area contributed by atoms with Crippen molar-refractivity contribution in [2.75, 3.05) is 0 Å². The van der Waals surface area contributed by atoms with Crippen LogP contribution in [0, 0.1) is 0 Å². The van der Waals surface area contributed by atoms with Crippen LogP contribution in [0.3, 0.4) is 0 Å². The van der Waals surface area contributed by atoms with Crippen molar-refractivity contribution >= 4 is 28.9 Å². The zero-order chi connectivity index (χ0) is 25.2. The van der Waals surface area contributed by atoms with E-state index in [1.54, 1.807) is 0 Å². The van der Waals surface area contributed by atoms with Crippen molar-refractivity contribution in [2.45, 2.75) is 25.2 Å². The summed E-state index contributed by atoms with van der Waals surface area (Å²) in [5, 5.41) is 30.3. The number of nitrogens with one attached hydrogen (secondary N) is 1. The Balaban J connectivity index is 2.09. The number of aliphatic carboxylic acids is 2. The third-order valence-corrected chi connectivity index (χ3v) is 4.82. The molecule has 0 bridgehead atoms. The molecule has 3 aromatic rings. The Morgan fingerprint density at radius 2 is 1.74 bits per heavy atom. The summed E-state index contributed by atoms with van der Waals surface area (Å²) in [5.74, 6) is -5.36. The molecule has 1 unspecified atom stereocenters. The highest BCUT2D eigenvalue weighted by atomic mass is 19.4. The van der Waals surface area contributed by atoms with Gasteiger partial charge in [0.15, 0.2) is 0 Å². The van der Waals surface area contributed by atoms with Gasteiger partial charge in [-0.15, -0.1) is 0 Å². The molecule has 10 nitrogen and oxygen atoms in total. The van der Waals surface area contributed by atoms with Gasteiger partial charge in [0.1, 0.15) is 23.0 Å². The van der Waals surface area contributed by atoms with Crippen molar-refractivity contribution < 1.29 is 42.9 Å². The van der Waals surface area contributed by atoms with Gasteiger partial charge in [0.2, 0.25) is 0 Å². The molecule has 0 radical (unpaired) electrons. The molecule has 1 atom stereocenters. The molecule has 13 heteroatoms. The molecule has 4 N–H and O–H groups in total. The SMILES string of the molecule is O=C(O)CC(NC(=O)c1c(O)c2cccnc2n(Cc2ccc(C(F)(F)F)cc2)c1=O)C(=O)O. The number of carboxylic acids is 2. The third kappa shape index (κ3) is 4.98. The Morgan fingerprint density at radius 1 is 1.09 bits per heavy atom. The second-order valence-corrected chi connectivity index (χ2v) is 7.15. The van der Waals surface area contributed by atoms with Crippen LogP contribution < -0.4 is 10.9 Å². The van der Waals surface area contributed by atoms with Crippen molar-refractivity contribution in [3.8, 4) is 5.75 Å². The number of rotatable bonds is 7. The van der Waals surface area contributed by atoms with E-state index in [4.69, 9.17) is 10.2 Å². The van der Waals surface area contributed by atoms with Gasteiger partial charge in [-0.05, 0) is 29.8 Å². The quantitative estimate of drug-likeness (QED) is 0.399. The third-order valence-electron chi connectivity index (χ3n) is 4.82. The van der Waals surface area contributed by atoms with Gasteiger partial charge in [0.25, 0.3) is 11.5 Å². The maximum Gasteiger partial charge on any atom is 0.416 e. The maximum atomic E-state index is 13.1. The van der Waals surface area contributed by atoms with E-state index in [9.17, 15) is 37.5 Å². The molecule has 2 aromatic heterocycles. The lowest BCUT2D eigenvalue weighted by molar-refractivity contribution is -0.145. The number of halogens is 3. The number of hydrogen-bond donors (Lipinski definition) is 4. The Morgan fingerprint density at radius 3 is 2.29 bits per heavy atom. The zero-order valence-corrected chi connectivity index (χ0v) is 17.0. The Bertz CT molecular complexity index is 1330. The second-order valence-electron chi connectivity index (χ2n) is 7.15. The lowest BCUT2D eigenvalue weighted by atomic mass is 10.1. The molecule has 0 spiro atoms. The van der Waals surface area contributed by atoms with E-state index in [0.29, 0.717) is 0 Å². The number of alkyl halides is 3. The number of benzene rings is 1. The molecule has 0 saturated heterocycles. The van der Waals surface area contributed by atoms with E-state index in [-0.39, 0.29) is 23.1 Å². The fraction of sp³-hybridized carbons (Fsp3) is 0.190. The van der Waals surface area contributed by atoms with Crippen LogP contribution in [-0.4, -0.2) is 48.8 Å². The van der Waals surface area contributed by atoms with Crippen molar-refractivity contribution in [1.82, 2.24) is 14.9 Å². The number of amides is 1. The van der Waals surface area contributed by atoms with Crippen LogP contribution >= 0.6 is 0 Å². The van der Waals surface area contributed by atoms with Crippen molar-refractivity contribution in [3.63, 3.8) is 0 Å². The molecule has 3 rings (SSSR count). The van der Waals surface area contributed by atoms with Crippen LogP contribution in [-0.2, 0) is 22.3 Å². The molecule has 0 aliphatic carbocycles. The molecule has 34 heavy (non-hydrogen) atoms. The predicted molar refractivity (Wildman–Crippen MR) is 109 cm³/mol. The topological polar surface area (TPSA) is 159 Å². The molecule has 1 aromatic carbocycles. The first-order valence-corrected chi connectivity index (χ1v) is 9.52. The Kier molecular flexibility index (Phi) is 6.56.